The quantitative estimate of drug-likeness (QED) is 0.738. The van der Waals surface area contributed by atoms with E-state index in [1.807, 2.05) is 6.08 Å². The molecule has 0 amide bonds. The normalized spacial score (nSPS) is 29.5. The van der Waals surface area contributed by atoms with Crippen molar-refractivity contribution in [3.8, 4) is 0 Å². The lowest BCUT2D eigenvalue weighted by Crippen LogP contribution is -2.30. The van der Waals surface area contributed by atoms with Crippen molar-refractivity contribution in [2.75, 3.05) is 0 Å². The lowest BCUT2D eigenvalue weighted by atomic mass is 9.80. The topological polar surface area (TPSA) is 26.0 Å². The zero-order valence-electron chi connectivity index (χ0n) is 9.26. The van der Waals surface area contributed by atoms with Crippen LogP contribution >= 0.6 is 0 Å². The Morgan fingerprint density at radius 1 is 1.50 bits per heavy atom. The van der Waals surface area contributed by atoms with Crippen LogP contribution in [-0.2, 0) is 0 Å². The third-order valence-corrected chi connectivity index (χ3v) is 3.10. The van der Waals surface area contributed by atoms with Crippen molar-refractivity contribution in [1.29, 1.82) is 0 Å². The minimum atomic E-state index is -0.114. The van der Waals surface area contributed by atoms with Gasteiger partial charge in [0.05, 0.1) is 0 Å². The highest BCUT2D eigenvalue weighted by atomic mass is 19.1. The molecule has 0 aromatic rings. The summed E-state index contributed by atoms with van der Waals surface area (Å²) in [7, 11) is 0. The van der Waals surface area contributed by atoms with E-state index in [1.54, 1.807) is 6.08 Å². The predicted octanol–water partition coefficient (Wildman–Crippen LogP) is 3.18. The molecule has 80 valence electrons. The number of hydrogen-bond acceptors (Lipinski definition) is 1. The van der Waals surface area contributed by atoms with Crippen molar-refractivity contribution in [3.05, 3.63) is 23.6 Å². The van der Waals surface area contributed by atoms with Gasteiger partial charge in [-0.2, -0.15) is 0 Å². The summed E-state index contributed by atoms with van der Waals surface area (Å²) in [5.41, 5.74) is 6.78. The second-order valence-corrected chi connectivity index (χ2v) is 4.21. The van der Waals surface area contributed by atoms with E-state index < -0.39 is 0 Å². The van der Waals surface area contributed by atoms with Gasteiger partial charge in [0.1, 0.15) is 5.83 Å². The van der Waals surface area contributed by atoms with E-state index in [9.17, 15) is 4.39 Å². The fourth-order valence-electron chi connectivity index (χ4n) is 1.98. The average molecular weight is 197 g/mol. The van der Waals surface area contributed by atoms with E-state index in [0.717, 1.165) is 18.4 Å². The Labute approximate surface area is 85.9 Å². The first-order valence-electron chi connectivity index (χ1n) is 5.41. The summed E-state index contributed by atoms with van der Waals surface area (Å²) in [5.74, 6) is 0.519. The molecule has 3 atom stereocenters. The average Bonchev–Trinajstić information content (AvgIpc) is 2.13. The number of nitrogens with two attached hydrogens (primary N) is 1. The molecule has 0 saturated heterocycles. The van der Waals surface area contributed by atoms with Gasteiger partial charge in [0, 0.05) is 6.04 Å². The van der Waals surface area contributed by atoms with E-state index in [0.29, 0.717) is 5.92 Å². The Kier molecular flexibility index (Phi) is 3.87. The van der Waals surface area contributed by atoms with Crippen molar-refractivity contribution < 1.29 is 4.39 Å². The van der Waals surface area contributed by atoms with Gasteiger partial charge in [-0.1, -0.05) is 33.3 Å². The highest BCUT2D eigenvalue weighted by Gasteiger charge is 2.25. The molecular weight excluding hydrogens is 177 g/mol. The Morgan fingerprint density at radius 3 is 2.71 bits per heavy atom. The molecule has 1 aliphatic carbocycles. The fourth-order valence-corrected chi connectivity index (χ4v) is 1.98. The van der Waals surface area contributed by atoms with Crippen molar-refractivity contribution in [1.82, 2.24) is 0 Å². The molecule has 0 saturated carbocycles. The minimum Gasteiger partial charge on any atom is -0.324 e. The van der Waals surface area contributed by atoms with Crippen molar-refractivity contribution in [3.63, 3.8) is 0 Å². The van der Waals surface area contributed by atoms with Crippen molar-refractivity contribution in [2.24, 2.45) is 17.6 Å². The highest BCUT2D eigenvalue weighted by molar-refractivity contribution is 5.30. The molecule has 0 spiro atoms. The van der Waals surface area contributed by atoms with Crippen LogP contribution in [0.5, 0.6) is 0 Å². The molecule has 0 aliphatic heterocycles. The summed E-state index contributed by atoms with van der Waals surface area (Å²) in [4.78, 5) is 0. The number of hydrogen-bond donors (Lipinski definition) is 1. The van der Waals surface area contributed by atoms with Crippen LogP contribution in [-0.4, -0.2) is 6.04 Å². The van der Waals surface area contributed by atoms with Gasteiger partial charge in [0.15, 0.2) is 0 Å². The Hall–Kier alpha value is -0.630. The van der Waals surface area contributed by atoms with Crippen molar-refractivity contribution in [2.45, 2.75) is 39.7 Å². The van der Waals surface area contributed by atoms with Gasteiger partial charge in [-0.3, -0.25) is 0 Å². The first kappa shape index (κ1) is 11.4. The van der Waals surface area contributed by atoms with Crippen LogP contribution in [0.4, 0.5) is 4.39 Å². The lowest BCUT2D eigenvalue weighted by Gasteiger charge is -2.28. The van der Waals surface area contributed by atoms with Crippen LogP contribution < -0.4 is 5.73 Å². The molecule has 0 heterocycles. The largest absolute Gasteiger partial charge is 0.324 e. The van der Waals surface area contributed by atoms with E-state index >= 15 is 0 Å². The Balaban J connectivity index is 2.86. The molecule has 2 heteroatoms. The van der Waals surface area contributed by atoms with E-state index in [1.165, 1.54) is 0 Å². The van der Waals surface area contributed by atoms with E-state index in [4.69, 9.17) is 5.73 Å². The molecule has 0 fully saturated rings. The van der Waals surface area contributed by atoms with E-state index in [2.05, 4.69) is 20.8 Å². The summed E-state index contributed by atoms with van der Waals surface area (Å²) >= 11 is 0. The maximum atomic E-state index is 13.6. The Bertz CT molecular complexity index is 255. The van der Waals surface area contributed by atoms with Crippen LogP contribution in [0.25, 0.3) is 0 Å². The lowest BCUT2D eigenvalue weighted by molar-refractivity contribution is 0.445. The standard InChI is InChI=1S/C12H20FN/c1-4-5-11(14)12-9(3)8(2)6-7-10(12)13/h6-9,11H,4-5,14H2,1-3H3. The number of halogens is 1. The molecule has 1 rings (SSSR count). The molecule has 2 N–H and O–H groups in total. The second-order valence-electron chi connectivity index (χ2n) is 4.21. The third-order valence-electron chi connectivity index (χ3n) is 3.10. The van der Waals surface area contributed by atoms with Gasteiger partial charge < -0.3 is 5.73 Å². The minimum absolute atomic E-state index is 0.109. The molecule has 0 bridgehead atoms. The molecular formula is C12H20FN. The van der Waals surface area contributed by atoms with Gasteiger partial charge in [0.25, 0.3) is 0 Å². The first-order chi connectivity index (χ1) is 6.57. The predicted molar refractivity (Wildman–Crippen MR) is 58.5 cm³/mol. The van der Waals surface area contributed by atoms with Crippen LogP contribution in [0.15, 0.2) is 23.6 Å². The maximum absolute atomic E-state index is 13.6. The summed E-state index contributed by atoms with van der Waals surface area (Å²) < 4.78 is 13.6. The Morgan fingerprint density at radius 2 is 2.14 bits per heavy atom. The van der Waals surface area contributed by atoms with Crippen LogP contribution in [0.2, 0.25) is 0 Å². The molecule has 1 aliphatic rings. The van der Waals surface area contributed by atoms with E-state index in [-0.39, 0.29) is 17.8 Å². The molecule has 0 aromatic heterocycles. The van der Waals surface area contributed by atoms with Gasteiger partial charge in [-0.15, -0.1) is 0 Å². The van der Waals surface area contributed by atoms with Gasteiger partial charge in [-0.25, -0.2) is 4.39 Å². The number of allylic oxidation sites excluding steroid dienone is 3. The molecule has 14 heavy (non-hydrogen) atoms. The first-order valence-corrected chi connectivity index (χ1v) is 5.41. The van der Waals surface area contributed by atoms with Crippen LogP contribution in [0, 0.1) is 11.8 Å². The fraction of sp³-hybridized carbons (Fsp3) is 0.667. The SMILES string of the molecule is CCCC(N)C1=C(F)C=CC(C)C1C. The van der Waals surface area contributed by atoms with Crippen LogP contribution in [0.3, 0.4) is 0 Å². The third kappa shape index (κ3) is 2.24. The molecule has 3 unspecified atom stereocenters. The zero-order valence-corrected chi connectivity index (χ0v) is 9.26. The number of rotatable bonds is 3. The highest BCUT2D eigenvalue weighted by Crippen LogP contribution is 2.32. The molecule has 0 radical (unpaired) electrons. The van der Waals surface area contributed by atoms with Gasteiger partial charge in [-0.05, 0) is 29.9 Å². The molecule has 1 nitrogen and oxygen atoms in total. The summed E-state index contributed by atoms with van der Waals surface area (Å²) in [5, 5.41) is 0. The summed E-state index contributed by atoms with van der Waals surface area (Å²) in [6.07, 6.45) is 5.36. The monoisotopic (exact) mass is 197 g/mol. The molecule has 0 aromatic carbocycles. The summed E-state index contributed by atoms with van der Waals surface area (Å²) in [6.45, 7) is 6.23. The second kappa shape index (κ2) is 4.74. The van der Waals surface area contributed by atoms with Gasteiger partial charge >= 0.3 is 0 Å². The van der Waals surface area contributed by atoms with Crippen molar-refractivity contribution >= 4 is 0 Å². The zero-order chi connectivity index (χ0) is 10.7. The smallest absolute Gasteiger partial charge is 0.123 e. The summed E-state index contributed by atoms with van der Waals surface area (Å²) in [6, 6.07) is -0.109. The van der Waals surface area contributed by atoms with Crippen LogP contribution in [0.1, 0.15) is 33.6 Å². The maximum Gasteiger partial charge on any atom is 0.123 e. The van der Waals surface area contributed by atoms with Gasteiger partial charge in [0.2, 0.25) is 0 Å².